The third-order valence-electron chi connectivity index (χ3n) is 6.80. The number of piperidine rings is 1. The van der Waals surface area contributed by atoms with Crippen molar-refractivity contribution in [3.8, 4) is 17.4 Å². The molecule has 0 unspecified atom stereocenters. The Bertz CT molecular complexity index is 1360. The average molecular weight is 519 g/mol. The molecular formula is C27H26N4O7. The van der Waals surface area contributed by atoms with Crippen LogP contribution in [0.5, 0.6) is 17.4 Å². The second-order valence-electron chi connectivity index (χ2n) is 9.22. The number of nitro benzene ring substituents is 1. The van der Waals surface area contributed by atoms with Crippen LogP contribution in [0.1, 0.15) is 28.8 Å². The number of carbonyl (C=O) groups is 2. The van der Waals surface area contributed by atoms with Crippen LogP contribution < -0.4 is 9.47 Å². The van der Waals surface area contributed by atoms with Gasteiger partial charge in [-0.3, -0.25) is 19.8 Å². The third kappa shape index (κ3) is 5.08. The van der Waals surface area contributed by atoms with Crippen molar-refractivity contribution in [1.82, 2.24) is 14.8 Å². The Labute approximate surface area is 218 Å². The van der Waals surface area contributed by atoms with Crippen LogP contribution in [0.25, 0.3) is 0 Å². The first kappa shape index (κ1) is 25.0. The number of nitrogens with zero attached hydrogens (tertiary/aromatic N) is 4. The molecule has 0 atom stereocenters. The summed E-state index contributed by atoms with van der Waals surface area (Å²) in [5.41, 5.74) is 0.0574. The number of aromatic nitrogens is 1. The lowest BCUT2D eigenvalue weighted by molar-refractivity contribution is -0.384. The topological polar surface area (TPSA) is 124 Å². The fourth-order valence-corrected chi connectivity index (χ4v) is 4.81. The molecule has 3 heterocycles. The maximum Gasteiger partial charge on any atom is 0.410 e. The molecule has 1 aromatic heterocycles. The van der Waals surface area contributed by atoms with E-state index in [1.54, 1.807) is 35.4 Å². The van der Waals surface area contributed by atoms with Crippen LogP contribution in [0.4, 0.5) is 10.5 Å². The Morgan fingerprint density at radius 3 is 2.61 bits per heavy atom. The van der Waals surface area contributed by atoms with Crippen molar-refractivity contribution in [2.24, 2.45) is 0 Å². The van der Waals surface area contributed by atoms with Crippen LogP contribution in [-0.4, -0.2) is 64.1 Å². The van der Waals surface area contributed by atoms with Gasteiger partial charge in [-0.05, 0) is 30.3 Å². The van der Waals surface area contributed by atoms with E-state index in [2.05, 4.69) is 4.98 Å². The molecule has 3 aromatic rings. The highest BCUT2D eigenvalue weighted by Crippen LogP contribution is 2.36. The molecule has 0 bridgehead atoms. The first-order valence-corrected chi connectivity index (χ1v) is 12.1. The molecule has 5 rings (SSSR count). The van der Waals surface area contributed by atoms with Gasteiger partial charge in [-0.2, -0.15) is 0 Å². The number of non-ortho nitro benzene ring substituents is 1. The van der Waals surface area contributed by atoms with Crippen molar-refractivity contribution in [3.63, 3.8) is 0 Å². The highest BCUT2D eigenvalue weighted by Gasteiger charge is 2.47. The van der Waals surface area contributed by atoms with Crippen LogP contribution in [0.3, 0.4) is 0 Å². The summed E-state index contributed by atoms with van der Waals surface area (Å²) < 4.78 is 17.0. The predicted octanol–water partition coefficient (Wildman–Crippen LogP) is 4.42. The number of pyridine rings is 1. The zero-order chi connectivity index (χ0) is 26.7. The van der Waals surface area contributed by atoms with E-state index in [1.807, 2.05) is 18.2 Å². The van der Waals surface area contributed by atoms with Gasteiger partial charge in [0.05, 0.1) is 25.1 Å². The minimum atomic E-state index is -0.736. The number of rotatable bonds is 7. The first-order chi connectivity index (χ1) is 18.4. The monoisotopic (exact) mass is 518 g/mol. The molecule has 0 radical (unpaired) electrons. The van der Waals surface area contributed by atoms with Gasteiger partial charge < -0.3 is 19.1 Å². The Balaban J connectivity index is 1.25. The summed E-state index contributed by atoms with van der Waals surface area (Å²) in [5.74, 6) is 1.06. The number of amides is 2. The predicted molar refractivity (Wildman–Crippen MR) is 135 cm³/mol. The van der Waals surface area contributed by atoms with E-state index >= 15 is 0 Å². The number of para-hydroxylation sites is 1. The third-order valence-corrected chi connectivity index (χ3v) is 6.80. The number of nitro groups is 1. The number of carbonyl (C=O) groups excluding carboxylic acids is 2. The number of methoxy groups -OCH3 is 1. The van der Waals surface area contributed by atoms with Gasteiger partial charge >= 0.3 is 6.09 Å². The lowest BCUT2D eigenvalue weighted by Crippen LogP contribution is -2.48. The second kappa shape index (κ2) is 10.4. The smallest absolute Gasteiger partial charge is 0.410 e. The molecule has 1 spiro atoms. The molecule has 2 aromatic carbocycles. The molecule has 38 heavy (non-hydrogen) atoms. The van der Waals surface area contributed by atoms with Crippen LogP contribution in [-0.2, 0) is 11.3 Å². The zero-order valence-electron chi connectivity index (χ0n) is 20.7. The molecule has 11 heteroatoms. The molecule has 0 saturated carbocycles. The number of hydrogen-bond donors (Lipinski definition) is 0. The minimum absolute atomic E-state index is 0.0825. The molecule has 0 aliphatic carbocycles. The van der Waals surface area contributed by atoms with Crippen molar-refractivity contribution in [1.29, 1.82) is 0 Å². The van der Waals surface area contributed by atoms with Crippen molar-refractivity contribution < 1.29 is 28.7 Å². The highest BCUT2D eigenvalue weighted by molar-refractivity contribution is 5.96. The van der Waals surface area contributed by atoms with E-state index < -0.39 is 16.6 Å². The molecule has 2 saturated heterocycles. The van der Waals surface area contributed by atoms with Gasteiger partial charge in [-0.1, -0.05) is 18.2 Å². The van der Waals surface area contributed by atoms with E-state index in [-0.39, 0.29) is 24.0 Å². The molecule has 0 N–H and O–H groups in total. The van der Waals surface area contributed by atoms with Gasteiger partial charge in [0.1, 0.15) is 22.7 Å². The maximum atomic E-state index is 13.4. The van der Waals surface area contributed by atoms with Gasteiger partial charge in [0.25, 0.3) is 11.6 Å². The Morgan fingerprint density at radius 1 is 1.13 bits per heavy atom. The van der Waals surface area contributed by atoms with Crippen LogP contribution in [0.2, 0.25) is 0 Å². The van der Waals surface area contributed by atoms with Crippen molar-refractivity contribution in [2.75, 3.05) is 26.7 Å². The van der Waals surface area contributed by atoms with Gasteiger partial charge in [-0.15, -0.1) is 0 Å². The second-order valence-corrected chi connectivity index (χ2v) is 9.22. The van der Waals surface area contributed by atoms with Crippen molar-refractivity contribution >= 4 is 17.7 Å². The summed E-state index contributed by atoms with van der Waals surface area (Å²) in [7, 11) is 1.47. The molecule has 196 valence electrons. The molecule has 2 aliphatic rings. The Morgan fingerprint density at radius 2 is 1.89 bits per heavy atom. The minimum Gasteiger partial charge on any atom is -0.496 e. The molecule has 2 amide bonds. The summed E-state index contributed by atoms with van der Waals surface area (Å²) in [6.45, 7) is 1.21. The van der Waals surface area contributed by atoms with Gasteiger partial charge in [-0.25, -0.2) is 9.78 Å². The molecule has 11 nitrogen and oxygen atoms in total. The zero-order valence-corrected chi connectivity index (χ0v) is 20.7. The average Bonchev–Trinajstić information content (AvgIpc) is 3.23. The van der Waals surface area contributed by atoms with E-state index in [4.69, 9.17) is 14.2 Å². The van der Waals surface area contributed by atoms with E-state index in [9.17, 15) is 19.7 Å². The number of hydrogen-bond acceptors (Lipinski definition) is 8. The van der Waals surface area contributed by atoms with Crippen LogP contribution in [0.15, 0.2) is 66.9 Å². The number of benzene rings is 2. The largest absolute Gasteiger partial charge is 0.496 e. The van der Waals surface area contributed by atoms with Gasteiger partial charge in [0, 0.05) is 49.8 Å². The standard InChI is InChI=1S/C27H26N4O7/c1-36-23-10-9-20(31(34)35)16-19(23)17-30-18-27(38-26(30)33)11-14-29(15-12-27)25(32)22-8-5-13-28-24(22)37-21-6-3-2-4-7-21/h2-10,13,16H,11-12,14-15,17-18H2,1H3. The normalized spacial score (nSPS) is 16.3. The van der Waals surface area contributed by atoms with Crippen molar-refractivity contribution in [2.45, 2.75) is 25.0 Å². The Hall–Kier alpha value is -4.67. The number of likely N-dealkylation sites (tertiary alicyclic amines) is 1. The maximum absolute atomic E-state index is 13.4. The summed E-state index contributed by atoms with van der Waals surface area (Å²) >= 11 is 0. The summed E-state index contributed by atoms with van der Waals surface area (Å²) in [4.78, 5) is 44.3. The van der Waals surface area contributed by atoms with Crippen LogP contribution in [0, 0.1) is 10.1 Å². The quantitative estimate of drug-likeness (QED) is 0.333. The lowest BCUT2D eigenvalue weighted by atomic mass is 9.91. The summed E-state index contributed by atoms with van der Waals surface area (Å²) in [5, 5.41) is 11.2. The summed E-state index contributed by atoms with van der Waals surface area (Å²) in [6.07, 6.45) is 2.00. The van der Waals surface area contributed by atoms with Crippen molar-refractivity contribution in [3.05, 3.63) is 88.1 Å². The Kier molecular flexibility index (Phi) is 6.82. The lowest BCUT2D eigenvalue weighted by Gasteiger charge is -2.37. The fourth-order valence-electron chi connectivity index (χ4n) is 4.81. The van der Waals surface area contributed by atoms with E-state index in [1.165, 1.54) is 30.2 Å². The molecule has 2 aliphatic heterocycles. The van der Waals surface area contributed by atoms with Gasteiger partial charge in [0.15, 0.2) is 0 Å². The number of ether oxygens (including phenoxy) is 3. The van der Waals surface area contributed by atoms with Gasteiger partial charge in [0.2, 0.25) is 5.88 Å². The highest BCUT2D eigenvalue weighted by atomic mass is 16.6. The summed E-state index contributed by atoms with van der Waals surface area (Å²) in [6, 6.07) is 16.8. The fraction of sp³-hybridized carbons (Fsp3) is 0.296. The molecular weight excluding hydrogens is 492 g/mol. The van der Waals surface area contributed by atoms with Crippen LogP contribution >= 0.6 is 0 Å². The SMILES string of the molecule is COc1ccc([N+](=O)[O-])cc1CN1CC2(CCN(C(=O)c3cccnc3Oc3ccccc3)CC2)OC1=O. The van der Waals surface area contributed by atoms with E-state index in [0.717, 1.165) is 0 Å². The first-order valence-electron chi connectivity index (χ1n) is 12.1. The molecule has 2 fully saturated rings. The van der Waals surface area contributed by atoms with E-state index in [0.29, 0.717) is 55.1 Å².